The van der Waals surface area contributed by atoms with Gasteiger partial charge in [0, 0.05) is 31.7 Å². The Kier molecular flexibility index (Phi) is 6.28. The second-order valence-corrected chi connectivity index (χ2v) is 10.9. The lowest BCUT2D eigenvalue weighted by Crippen LogP contribution is -2.35. The molecule has 0 spiro atoms. The molecule has 0 amide bonds. The fourth-order valence-electron chi connectivity index (χ4n) is 4.13. The van der Waals surface area contributed by atoms with Gasteiger partial charge in [-0.2, -0.15) is 4.31 Å². The second-order valence-electron chi connectivity index (χ2n) is 8.95. The highest BCUT2D eigenvalue weighted by atomic mass is 32.2. The maximum Gasteiger partial charge on any atom is 0.243 e. The van der Waals surface area contributed by atoms with E-state index in [2.05, 4.69) is 25.7 Å². The molecule has 2 aliphatic rings. The van der Waals surface area contributed by atoms with E-state index >= 15 is 0 Å². The lowest BCUT2D eigenvalue weighted by Gasteiger charge is -2.24. The number of nitrogens with zero attached hydrogens (tertiary/aromatic N) is 2. The van der Waals surface area contributed by atoms with Crippen molar-refractivity contribution in [2.75, 3.05) is 33.0 Å². The number of ether oxygens (including phenoxy) is 2. The van der Waals surface area contributed by atoms with Gasteiger partial charge in [0.25, 0.3) is 0 Å². The first-order chi connectivity index (χ1) is 14.8. The van der Waals surface area contributed by atoms with Crippen LogP contribution < -0.4 is 9.47 Å². The molecule has 6 nitrogen and oxygen atoms in total. The number of rotatable bonds is 6. The number of sulfonamides is 1. The summed E-state index contributed by atoms with van der Waals surface area (Å²) in [5.74, 6) is 1.59. The van der Waals surface area contributed by atoms with E-state index in [9.17, 15) is 8.42 Å². The van der Waals surface area contributed by atoms with Crippen LogP contribution in [0.4, 0.5) is 0 Å². The summed E-state index contributed by atoms with van der Waals surface area (Å²) in [5, 5.41) is 0. The van der Waals surface area contributed by atoms with Crippen molar-refractivity contribution in [3.8, 4) is 11.5 Å². The SMILES string of the molecule is CCC(C)(C)c1ccc(S(=O)(=O)N2CCCN(Cc3cccc4c3OCO4)CC2)cc1. The number of hydrogen-bond acceptors (Lipinski definition) is 5. The first-order valence-corrected chi connectivity index (χ1v) is 12.5. The normalized spacial score (nSPS) is 18.2. The highest BCUT2D eigenvalue weighted by Gasteiger charge is 2.28. The maximum atomic E-state index is 13.3. The molecule has 168 valence electrons. The molecular formula is C24H32N2O4S. The predicted molar refractivity (Wildman–Crippen MR) is 121 cm³/mol. The maximum absolute atomic E-state index is 13.3. The Morgan fingerprint density at radius 3 is 2.48 bits per heavy atom. The van der Waals surface area contributed by atoms with Crippen LogP contribution in [0.3, 0.4) is 0 Å². The Labute approximate surface area is 185 Å². The summed E-state index contributed by atoms with van der Waals surface area (Å²) in [6.07, 6.45) is 1.80. The molecule has 2 heterocycles. The van der Waals surface area contributed by atoms with Crippen LogP contribution in [0.25, 0.3) is 0 Å². The van der Waals surface area contributed by atoms with E-state index in [1.165, 1.54) is 0 Å². The van der Waals surface area contributed by atoms with Crippen molar-refractivity contribution in [2.45, 2.75) is 50.5 Å². The van der Waals surface area contributed by atoms with Crippen LogP contribution in [-0.2, 0) is 22.0 Å². The van der Waals surface area contributed by atoms with E-state index in [1.54, 1.807) is 16.4 Å². The zero-order valence-corrected chi connectivity index (χ0v) is 19.5. The first-order valence-electron chi connectivity index (χ1n) is 11.0. The Bertz CT molecular complexity index is 1020. The molecule has 0 N–H and O–H groups in total. The molecule has 0 unspecified atom stereocenters. The van der Waals surface area contributed by atoms with Crippen molar-refractivity contribution in [2.24, 2.45) is 0 Å². The molecule has 0 aliphatic carbocycles. The Morgan fingerprint density at radius 1 is 0.968 bits per heavy atom. The standard InChI is InChI=1S/C24H32N2O4S/c1-4-24(2,3)20-9-11-21(12-10-20)31(27,28)26-14-6-13-25(15-16-26)17-19-7-5-8-22-23(19)30-18-29-22/h5,7-12H,4,6,13-18H2,1-3H3. The molecule has 7 heteroatoms. The van der Waals surface area contributed by atoms with Gasteiger partial charge in [0.05, 0.1) is 4.90 Å². The third-order valence-electron chi connectivity index (χ3n) is 6.58. The zero-order chi connectivity index (χ0) is 22.1. The van der Waals surface area contributed by atoms with Gasteiger partial charge in [-0.15, -0.1) is 0 Å². The third-order valence-corrected chi connectivity index (χ3v) is 8.49. The fraction of sp³-hybridized carbons (Fsp3) is 0.500. The van der Waals surface area contributed by atoms with Crippen LogP contribution in [0.2, 0.25) is 0 Å². The van der Waals surface area contributed by atoms with Crippen LogP contribution in [0.1, 0.15) is 44.7 Å². The van der Waals surface area contributed by atoms with Gasteiger partial charge < -0.3 is 9.47 Å². The number of fused-ring (bicyclic) bond motifs is 1. The molecule has 0 bridgehead atoms. The van der Waals surface area contributed by atoms with Gasteiger partial charge in [-0.25, -0.2) is 8.42 Å². The summed E-state index contributed by atoms with van der Waals surface area (Å²) in [5.41, 5.74) is 2.29. The largest absolute Gasteiger partial charge is 0.454 e. The Hall–Kier alpha value is -2.09. The van der Waals surface area contributed by atoms with Gasteiger partial charge >= 0.3 is 0 Å². The minimum Gasteiger partial charge on any atom is -0.454 e. The average molecular weight is 445 g/mol. The summed E-state index contributed by atoms with van der Waals surface area (Å²) in [4.78, 5) is 2.67. The van der Waals surface area contributed by atoms with Crippen LogP contribution >= 0.6 is 0 Å². The summed E-state index contributed by atoms with van der Waals surface area (Å²) in [6.45, 7) is 10.0. The highest BCUT2D eigenvalue weighted by molar-refractivity contribution is 7.89. The van der Waals surface area contributed by atoms with Gasteiger partial charge in [-0.3, -0.25) is 4.90 Å². The lowest BCUT2D eigenvalue weighted by molar-refractivity contribution is 0.172. The van der Waals surface area contributed by atoms with Crippen LogP contribution in [0.5, 0.6) is 11.5 Å². The van der Waals surface area contributed by atoms with Gasteiger partial charge in [0.1, 0.15) is 0 Å². The molecule has 2 aromatic carbocycles. The van der Waals surface area contributed by atoms with Crippen LogP contribution in [-0.4, -0.2) is 50.6 Å². The topological polar surface area (TPSA) is 59.1 Å². The van der Waals surface area contributed by atoms with Gasteiger partial charge in [0.2, 0.25) is 16.8 Å². The van der Waals surface area contributed by atoms with E-state index in [0.29, 0.717) is 24.5 Å². The van der Waals surface area contributed by atoms with E-state index in [1.807, 2.05) is 30.3 Å². The molecule has 0 atom stereocenters. The Balaban J connectivity index is 1.44. The van der Waals surface area contributed by atoms with Gasteiger partial charge in [-0.1, -0.05) is 45.0 Å². The summed E-state index contributed by atoms with van der Waals surface area (Å²) in [6, 6.07) is 13.4. The molecular weight excluding hydrogens is 412 g/mol. The zero-order valence-electron chi connectivity index (χ0n) is 18.6. The van der Waals surface area contributed by atoms with Crippen molar-refractivity contribution >= 4 is 10.0 Å². The number of hydrogen-bond donors (Lipinski definition) is 0. The van der Waals surface area contributed by atoms with Crippen molar-refractivity contribution < 1.29 is 17.9 Å². The van der Waals surface area contributed by atoms with E-state index in [0.717, 1.165) is 48.6 Å². The molecule has 4 rings (SSSR count). The molecule has 1 fully saturated rings. The molecule has 0 aromatic heterocycles. The molecule has 0 radical (unpaired) electrons. The van der Waals surface area contributed by atoms with Crippen molar-refractivity contribution in [3.05, 3.63) is 53.6 Å². The predicted octanol–water partition coefficient (Wildman–Crippen LogP) is 4.00. The van der Waals surface area contributed by atoms with E-state index < -0.39 is 10.0 Å². The molecule has 31 heavy (non-hydrogen) atoms. The summed E-state index contributed by atoms with van der Waals surface area (Å²) in [7, 11) is -3.50. The van der Waals surface area contributed by atoms with Crippen LogP contribution in [0, 0.1) is 0 Å². The smallest absolute Gasteiger partial charge is 0.243 e. The van der Waals surface area contributed by atoms with Crippen molar-refractivity contribution in [1.82, 2.24) is 9.21 Å². The third kappa shape index (κ3) is 4.59. The number of benzene rings is 2. The minimum atomic E-state index is -3.50. The van der Waals surface area contributed by atoms with E-state index in [4.69, 9.17) is 9.47 Å². The van der Waals surface area contributed by atoms with E-state index in [-0.39, 0.29) is 12.2 Å². The summed E-state index contributed by atoms with van der Waals surface area (Å²) < 4.78 is 39.2. The monoisotopic (exact) mass is 444 g/mol. The average Bonchev–Trinajstić information content (AvgIpc) is 3.13. The van der Waals surface area contributed by atoms with Crippen molar-refractivity contribution in [1.29, 1.82) is 0 Å². The van der Waals surface area contributed by atoms with Gasteiger partial charge in [-0.05, 0) is 48.6 Å². The molecule has 2 aromatic rings. The lowest BCUT2D eigenvalue weighted by atomic mass is 9.82. The van der Waals surface area contributed by atoms with Crippen molar-refractivity contribution in [3.63, 3.8) is 0 Å². The Morgan fingerprint density at radius 2 is 1.74 bits per heavy atom. The van der Waals surface area contributed by atoms with Gasteiger partial charge in [0.15, 0.2) is 11.5 Å². The second kappa shape index (κ2) is 8.81. The van der Waals surface area contributed by atoms with Crippen LogP contribution in [0.15, 0.2) is 47.4 Å². The molecule has 2 aliphatic heterocycles. The molecule has 0 saturated carbocycles. The summed E-state index contributed by atoms with van der Waals surface area (Å²) >= 11 is 0. The minimum absolute atomic E-state index is 0.0395. The number of para-hydroxylation sites is 1. The molecule has 1 saturated heterocycles. The highest BCUT2D eigenvalue weighted by Crippen LogP contribution is 2.36. The quantitative estimate of drug-likeness (QED) is 0.674. The first kappa shape index (κ1) is 22.1. The fourth-order valence-corrected chi connectivity index (χ4v) is 5.60.